The van der Waals surface area contributed by atoms with Gasteiger partial charge in [-0.3, -0.25) is 9.78 Å². The van der Waals surface area contributed by atoms with Crippen molar-refractivity contribution >= 4 is 11.6 Å². The lowest BCUT2D eigenvalue weighted by atomic mass is 10.1. The monoisotopic (exact) mass is 253 g/mol. The van der Waals surface area contributed by atoms with Crippen LogP contribution in [0.3, 0.4) is 0 Å². The fraction of sp³-hybridized carbons (Fsp3) is 0.133. The van der Waals surface area contributed by atoms with Gasteiger partial charge >= 0.3 is 0 Å². The van der Waals surface area contributed by atoms with E-state index in [0.29, 0.717) is 5.56 Å². The van der Waals surface area contributed by atoms with Crippen molar-refractivity contribution in [1.29, 1.82) is 0 Å². The molecule has 2 aromatic rings. The maximum atomic E-state index is 11.8. The molecule has 0 aliphatic heterocycles. The lowest BCUT2D eigenvalue weighted by Gasteiger charge is -2.03. The number of aryl methyl sites for hydroxylation is 1. The van der Waals surface area contributed by atoms with Crippen LogP contribution in [0, 0.1) is 6.92 Å². The molecule has 0 saturated heterocycles. The number of hydrogen-bond donors (Lipinski definition) is 1. The van der Waals surface area contributed by atoms with Crippen molar-refractivity contribution in [3.8, 4) is 0 Å². The number of benzene rings is 1. The van der Waals surface area contributed by atoms with Gasteiger partial charge in [0.25, 0.3) is 5.91 Å². The van der Waals surface area contributed by atoms with Crippen molar-refractivity contribution in [2.45, 2.75) is 13.8 Å². The average molecular weight is 253 g/mol. The summed E-state index contributed by atoms with van der Waals surface area (Å²) in [5.74, 6) is -0.264. The fourth-order valence-corrected chi connectivity index (χ4v) is 1.63. The van der Waals surface area contributed by atoms with Crippen LogP contribution in [0.1, 0.15) is 28.4 Å². The lowest BCUT2D eigenvalue weighted by Crippen LogP contribution is -2.19. The Labute approximate surface area is 112 Å². The van der Waals surface area contributed by atoms with Gasteiger partial charge in [-0.25, -0.2) is 5.43 Å². The number of nitrogens with zero attached hydrogens (tertiary/aromatic N) is 2. The molecule has 2 rings (SSSR count). The molecule has 1 heterocycles. The maximum absolute atomic E-state index is 11.8. The van der Waals surface area contributed by atoms with Gasteiger partial charge in [0, 0.05) is 12.4 Å². The molecule has 19 heavy (non-hydrogen) atoms. The van der Waals surface area contributed by atoms with Crippen molar-refractivity contribution < 1.29 is 4.79 Å². The summed E-state index contributed by atoms with van der Waals surface area (Å²) in [7, 11) is 0. The van der Waals surface area contributed by atoms with Crippen LogP contribution in [0.2, 0.25) is 0 Å². The smallest absolute Gasteiger partial charge is 0.267 e. The number of hydrazone groups is 1. The van der Waals surface area contributed by atoms with E-state index in [2.05, 4.69) is 15.5 Å². The zero-order valence-corrected chi connectivity index (χ0v) is 10.9. The summed E-state index contributed by atoms with van der Waals surface area (Å²) < 4.78 is 0. The van der Waals surface area contributed by atoms with Crippen LogP contribution >= 0.6 is 0 Å². The van der Waals surface area contributed by atoms with E-state index in [1.54, 1.807) is 18.3 Å². The molecule has 0 aliphatic carbocycles. The molecule has 1 aromatic carbocycles. The predicted octanol–water partition coefficient (Wildman–Crippen LogP) is 2.54. The third-order valence-electron chi connectivity index (χ3n) is 2.68. The summed E-state index contributed by atoms with van der Waals surface area (Å²) in [6.07, 6.45) is 3.13. The van der Waals surface area contributed by atoms with Crippen LogP contribution < -0.4 is 5.43 Å². The van der Waals surface area contributed by atoms with E-state index in [1.807, 2.05) is 38.1 Å². The Hall–Kier alpha value is -2.49. The minimum Gasteiger partial charge on any atom is -0.267 e. The predicted molar refractivity (Wildman–Crippen MR) is 75.1 cm³/mol. The van der Waals surface area contributed by atoms with Gasteiger partial charge < -0.3 is 0 Å². The fourth-order valence-electron chi connectivity index (χ4n) is 1.63. The molecular weight excluding hydrogens is 238 g/mol. The first-order chi connectivity index (χ1) is 9.16. The van der Waals surface area contributed by atoms with Crippen molar-refractivity contribution in [3.63, 3.8) is 0 Å². The molecule has 0 bridgehead atoms. The molecule has 0 radical (unpaired) electrons. The topological polar surface area (TPSA) is 54.4 Å². The van der Waals surface area contributed by atoms with E-state index in [9.17, 15) is 4.79 Å². The standard InChI is InChI=1S/C15H15N3O/c1-11-5-3-6-13(9-11)12(2)17-18-15(19)14-7-4-8-16-10-14/h3-10H,1-2H3,(H,18,19)/b17-12+. The molecule has 0 saturated carbocycles. The zero-order valence-electron chi connectivity index (χ0n) is 10.9. The first-order valence-corrected chi connectivity index (χ1v) is 5.98. The molecule has 0 atom stereocenters. The van der Waals surface area contributed by atoms with Gasteiger partial charge in [-0.2, -0.15) is 5.10 Å². The zero-order chi connectivity index (χ0) is 13.7. The van der Waals surface area contributed by atoms with Gasteiger partial charge in [-0.15, -0.1) is 0 Å². The Morgan fingerprint density at radius 3 is 2.68 bits per heavy atom. The second-order valence-corrected chi connectivity index (χ2v) is 4.25. The van der Waals surface area contributed by atoms with E-state index in [-0.39, 0.29) is 5.91 Å². The van der Waals surface area contributed by atoms with Crippen molar-refractivity contribution in [2.75, 3.05) is 0 Å². The molecule has 1 aromatic heterocycles. The molecule has 4 nitrogen and oxygen atoms in total. The van der Waals surface area contributed by atoms with E-state index in [1.165, 1.54) is 6.20 Å². The van der Waals surface area contributed by atoms with Crippen LogP contribution in [0.25, 0.3) is 0 Å². The number of aromatic nitrogens is 1. The molecule has 96 valence electrons. The second-order valence-electron chi connectivity index (χ2n) is 4.25. The van der Waals surface area contributed by atoms with Crippen molar-refractivity contribution in [3.05, 3.63) is 65.5 Å². The highest BCUT2D eigenvalue weighted by molar-refractivity contribution is 6.00. The lowest BCUT2D eigenvalue weighted by molar-refractivity contribution is 0.0954. The largest absolute Gasteiger partial charge is 0.272 e. The summed E-state index contributed by atoms with van der Waals surface area (Å²) in [5.41, 5.74) is 5.93. The normalized spacial score (nSPS) is 11.2. The number of amides is 1. The van der Waals surface area contributed by atoms with Gasteiger partial charge in [0.05, 0.1) is 11.3 Å². The summed E-state index contributed by atoms with van der Waals surface area (Å²) in [5, 5.41) is 4.10. The second kappa shape index (κ2) is 5.91. The minimum absolute atomic E-state index is 0.264. The minimum atomic E-state index is -0.264. The first kappa shape index (κ1) is 13.0. The van der Waals surface area contributed by atoms with Gasteiger partial charge in [0.15, 0.2) is 0 Å². The highest BCUT2D eigenvalue weighted by atomic mass is 16.2. The van der Waals surface area contributed by atoms with E-state index in [4.69, 9.17) is 0 Å². The Bertz CT molecular complexity index is 606. The molecule has 0 unspecified atom stereocenters. The van der Waals surface area contributed by atoms with Crippen molar-refractivity contribution in [2.24, 2.45) is 5.10 Å². The number of nitrogens with one attached hydrogen (secondary N) is 1. The van der Waals surface area contributed by atoms with Crippen LogP contribution in [-0.2, 0) is 0 Å². The summed E-state index contributed by atoms with van der Waals surface area (Å²) in [6, 6.07) is 11.4. The van der Waals surface area contributed by atoms with Crippen molar-refractivity contribution in [1.82, 2.24) is 10.4 Å². The third-order valence-corrected chi connectivity index (χ3v) is 2.68. The molecule has 0 spiro atoms. The number of carbonyl (C=O) groups is 1. The van der Waals surface area contributed by atoms with E-state index < -0.39 is 0 Å². The van der Waals surface area contributed by atoms with Crippen LogP contribution in [0.5, 0.6) is 0 Å². The van der Waals surface area contributed by atoms with E-state index in [0.717, 1.165) is 16.8 Å². The number of carbonyl (C=O) groups excluding carboxylic acids is 1. The Balaban J connectivity index is 2.09. The molecule has 1 amide bonds. The van der Waals surface area contributed by atoms with Gasteiger partial charge in [0.2, 0.25) is 0 Å². The van der Waals surface area contributed by atoms with Crippen LogP contribution in [0.4, 0.5) is 0 Å². The number of rotatable bonds is 3. The summed E-state index contributed by atoms with van der Waals surface area (Å²) in [6.45, 7) is 3.88. The molecule has 0 aliphatic rings. The number of hydrogen-bond acceptors (Lipinski definition) is 3. The highest BCUT2D eigenvalue weighted by Crippen LogP contribution is 2.05. The SMILES string of the molecule is C/C(=N\NC(=O)c1cccnc1)c1cccc(C)c1. The summed E-state index contributed by atoms with van der Waals surface area (Å²) >= 11 is 0. The summed E-state index contributed by atoms with van der Waals surface area (Å²) in [4.78, 5) is 15.7. The molecule has 4 heteroatoms. The molecular formula is C15H15N3O. The van der Waals surface area contributed by atoms with Gasteiger partial charge in [-0.05, 0) is 31.5 Å². The van der Waals surface area contributed by atoms with Crippen LogP contribution in [0.15, 0.2) is 53.9 Å². The Kier molecular flexibility index (Phi) is 4.03. The molecule has 1 N–H and O–H groups in total. The highest BCUT2D eigenvalue weighted by Gasteiger charge is 2.04. The van der Waals surface area contributed by atoms with Gasteiger partial charge in [-0.1, -0.05) is 29.8 Å². The maximum Gasteiger partial charge on any atom is 0.272 e. The average Bonchev–Trinajstić information content (AvgIpc) is 2.45. The Morgan fingerprint density at radius 2 is 2.00 bits per heavy atom. The third kappa shape index (κ3) is 3.48. The number of pyridine rings is 1. The van der Waals surface area contributed by atoms with Crippen LogP contribution in [-0.4, -0.2) is 16.6 Å². The van der Waals surface area contributed by atoms with Gasteiger partial charge in [0.1, 0.15) is 0 Å². The quantitative estimate of drug-likeness (QED) is 0.675. The Morgan fingerprint density at radius 1 is 1.21 bits per heavy atom. The van der Waals surface area contributed by atoms with E-state index >= 15 is 0 Å². The first-order valence-electron chi connectivity index (χ1n) is 5.98. The molecule has 0 fully saturated rings.